The van der Waals surface area contributed by atoms with E-state index in [9.17, 15) is 9.59 Å². The maximum absolute atomic E-state index is 12.3. The van der Waals surface area contributed by atoms with Gasteiger partial charge in [-0.25, -0.2) is 4.79 Å². The van der Waals surface area contributed by atoms with E-state index in [1.807, 2.05) is 30.3 Å². The Bertz CT molecular complexity index is 773. The molecule has 1 amide bonds. The Kier molecular flexibility index (Phi) is 6.41. The summed E-state index contributed by atoms with van der Waals surface area (Å²) in [5.74, 6) is -1.02. The zero-order valence-corrected chi connectivity index (χ0v) is 14.4. The summed E-state index contributed by atoms with van der Waals surface area (Å²) in [6, 6.07) is 14.0. The van der Waals surface area contributed by atoms with E-state index in [0.29, 0.717) is 15.6 Å². The summed E-state index contributed by atoms with van der Waals surface area (Å²) >= 11 is 11.9. The van der Waals surface area contributed by atoms with E-state index in [1.54, 1.807) is 24.3 Å². The van der Waals surface area contributed by atoms with Crippen molar-refractivity contribution in [2.24, 2.45) is 0 Å². The van der Waals surface area contributed by atoms with Gasteiger partial charge in [-0.3, -0.25) is 4.79 Å². The van der Waals surface area contributed by atoms with Crippen LogP contribution in [0.25, 0.3) is 6.08 Å². The number of rotatable bonds is 5. The highest BCUT2D eigenvalue weighted by Gasteiger charge is 2.14. The highest BCUT2D eigenvalue weighted by atomic mass is 35.5. The van der Waals surface area contributed by atoms with E-state index in [2.05, 4.69) is 5.32 Å². The summed E-state index contributed by atoms with van der Waals surface area (Å²) in [4.78, 5) is 23.6. The topological polar surface area (TPSA) is 55.4 Å². The van der Waals surface area contributed by atoms with E-state index >= 15 is 0 Å². The smallest absolute Gasteiger partial charge is 0.355 e. The van der Waals surface area contributed by atoms with E-state index < -0.39 is 5.97 Å². The van der Waals surface area contributed by atoms with Gasteiger partial charge in [-0.05, 0) is 23.8 Å². The molecule has 0 saturated carbocycles. The Balaban J connectivity index is 2.13. The first kappa shape index (κ1) is 18.0. The van der Waals surface area contributed by atoms with Gasteiger partial charge in [-0.15, -0.1) is 0 Å². The molecule has 1 N–H and O–H groups in total. The van der Waals surface area contributed by atoms with Crippen LogP contribution < -0.4 is 5.32 Å². The van der Waals surface area contributed by atoms with Crippen LogP contribution in [0.1, 0.15) is 18.1 Å². The molecule has 0 aliphatic rings. The highest BCUT2D eigenvalue weighted by Crippen LogP contribution is 2.22. The molecule has 0 saturated heterocycles. The van der Waals surface area contributed by atoms with Crippen LogP contribution in [0, 0.1) is 0 Å². The minimum Gasteiger partial charge on any atom is -0.456 e. The molecule has 0 spiro atoms. The number of benzene rings is 2. The lowest BCUT2D eigenvalue weighted by atomic mass is 10.2. The normalized spacial score (nSPS) is 11.0. The van der Waals surface area contributed by atoms with Crippen LogP contribution in [-0.2, 0) is 20.9 Å². The van der Waals surface area contributed by atoms with E-state index in [-0.39, 0.29) is 18.2 Å². The van der Waals surface area contributed by atoms with Crippen molar-refractivity contribution < 1.29 is 14.3 Å². The fourth-order valence-electron chi connectivity index (χ4n) is 1.91. The number of esters is 1. The number of nitrogens with one attached hydrogen (secondary N) is 1. The third-order valence-electron chi connectivity index (χ3n) is 3.02. The minimum atomic E-state index is -0.653. The van der Waals surface area contributed by atoms with Gasteiger partial charge in [-0.1, -0.05) is 59.6 Å². The molecule has 0 unspecified atom stereocenters. The van der Waals surface area contributed by atoms with Gasteiger partial charge < -0.3 is 10.1 Å². The van der Waals surface area contributed by atoms with Gasteiger partial charge in [0.05, 0.1) is 0 Å². The average Bonchev–Trinajstić information content (AvgIpc) is 2.53. The first-order valence-corrected chi connectivity index (χ1v) is 7.86. The Morgan fingerprint density at radius 1 is 1.12 bits per heavy atom. The van der Waals surface area contributed by atoms with Crippen LogP contribution in [0.5, 0.6) is 0 Å². The number of carbonyl (C=O) groups excluding carboxylic acids is 2. The molecular formula is C18H15Cl2NO3. The molecule has 24 heavy (non-hydrogen) atoms. The first-order valence-electron chi connectivity index (χ1n) is 7.11. The van der Waals surface area contributed by atoms with Gasteiger partial charge in [-0.2, -0.15) is 0 Å². The second-order valence-corrected chi connectivity index (χ2v) is 5.81. The zero-order chi connectivity index (χ0) is 17.5. The van der Waals surface area contributed by atoms with E-state index in [4.69, 9.17) is 27.9 Å². The quantitative estimate of drug-likeness (QED) is 0.639. The standard InChI is InChI=1S/C18H15Cl2NO3/c1-12(22)21-17(9-13-5-3-2-4-6-13)18(23)24-11-14-7-8-15(19)10-16(14)20/h2-10H,11H2,1H3,(H,21,22). The summed E-state index contributed by atoms with van der Waals surface area (Å²) in [5.41, 5.74) is 1.44. The van der Waals surface area contributed by atoms with Crippen molar-refractivity contribution >= 4 is 41.2 Å². The van der Waals surface area contributed by atoms with Crippen LogP contribution in [0.2, 0.25) is 10.0 Å². The first-order chi connectivity index (χ1) is 11.5. The molecular weight excluding hydrogens is 349 g/mol. The van der Waals surface area contributed by atoms with Crippen molar-refractivity contribution in [2.75, 3.05) is 0 Å². The Labute approximate surface area is 150 Å². The van der Waals surface area contributed by atoms with Gasteiger partial charge in [0.1, 0.15) is 12.3 Å². The van der Waals surface area contributed by atoms with Crippen molar-refractivity contribution in [2.45, 2.75) is 13.5 Å². The third-order valence-corrected chi connectivity index (χ3v) is 3.60. The van der Waals surface area contributed by atoms with Gasteiger partial charge in [0.25, 0.3) is 0 Å². The third kappa shape index (κ3) is 5.41. The number of ether oxygens (including phenoxy) is 1. The molecule has 0 radical (unpaired) electrons. The number of carbonyl (C=O) groups is 2. The van der Waals surface area contributed by atoms with Gasteiger partial charge >= 0.3 is 5.97 Å². The maximum atomic E-state index is 12.3. The van der Waals surface area contributed by atoms with Crippen LogP contribution in [0.4, 0.5) is 0 Å². The lowest BCUT2D eigenvalue weighted by Gasteiger charge is -2.10. The molecule has 4 nitrogen and oxygen atoms in total. The van der Waals surface area contributed by atoms with E-state index in [0.717, 1.165) is 5.56 Å². The summed E-state index contributed by atoms with van der Waals surface area (Å²) in [7, 11) is 0. The van der Waals surface area contributed by atoms with Gasteiger partial charge in [0, 0.05) is 22.5 Å². The highest BCUT2D eigenvalue weighted by molar-refractivity contribution is 6.35. The SMILES string of the molecule is CC(=O)NC(=Cc1ccccc1)C(=O)OCc1ccc(Cl)cc1Cl. The maximum Gasteiger partial charge on any atom is 0.355 e. The molecule has 0 aliphatic carbocycles. The molecule has 2 aromatic rings. The summed E-state index contributed by atoms with van der Waals surface area (Å²) < 4.78 is 5.23. The molecule has 2 rings (SSSR count). The van der Waals surface area contributed by atoms with Crippen molar-refractivity contribution in [1.29, 1.82) is 0 Å². The molecule has 2 aromatic carbocycles. The average molecular weight is 364 g/mol. The number of amides is 1. The lowest BCUT2D eigenvalue weighted by molar-refractivity contribution is -0.141. The van der Waals surface area contributed by atoms with Crippen molar-refractivity contribution in [3.8, 4) is 0 Å². The summed E-state index contributed by atoms with van der Waals surface area (Å²) in [6.07, 6.45) is 1.55. The Morgan fingerprint density at radius 3 is 2.46 bits per heavy atom. The zero-order valence-electron chi connectivity index (χ0n) is 12.9. The largest absolute Gasteiger partial charge is 0.456 e. The van der Waals surface area contributed by atoms with Crippen LogP contribution in [0.3, 0.4) is 0 Å². The summed E-state index contributed by atoms with van der Waals surface area (Å²) in [6.45, 7) is 1.29. The monoisotopic (exact) mass is 363 g/mol. The van der Waals surface area contributed by atoms with Crippen LogP contribution in [-0.4, -0.2) is 11.9 Å². The minimum absolute atomic E-state index is 0.0272. The van der Waals surface area contributed by atoms with Crippen molar-refractivity contribution in [3.63, 3.8) is 0 Å². The fourth-order valence-corrected chi connectivity index (χ4v) is 2.37. The second-order valence-electron chi connectivity index (χ2n) is 4.96. The number of hydrogen-bond acceptors (Lipinski definition) is 3. The Hall–Kier alpha value is -2.30. The molecule has 124 valence electrons. The number of halogens is 2. The molecule has 6 heteroatoms. The van der Waals surface area contributed by atoms with E-state index in [1.165, 1.54) is 6.92 Å². The number of hydrogen-bond donors (Lipinski definition) is 1. The van der Waals surface area contributed by atoms with Gasteiger partial charge in [0.2, 0.25) is 5.91 Å². The molecule has 0 aromatic heterocycles. The summed E-state index contributed by atoms with van der Waals surface area (Å²) in [5, 5.41) is 3.39. The predicted molar refractivity (Wildman–Crippen MR) is 94.5 cm³/mol. The molecule has 0 fully saturated rings. The molecule has 0 bridgehead atoms. The molecule has 0 heterocycles. The lowest BCUT2D eigenvalue weighted by Crippen LogP contribution is -2.26. The van der Waals surface area contributed by atoms with Crippen LogP contribution >= 0.6 is 23.2 Å². The molecule has 0 atom stereocenters. The Morgan fingerprint density at radius 2 is 1.83 bits per heavy atom. The van der Waals surface area contributed by atoms with Gasteiger partial charge in [0.15, 0.2) is 0 Å². The van der Waals surface area contributed by atoms with Crippen molar-refractivity contribution in [1.82, 2.24) is 5.32 Å². The van der Waals surface area contributed by atoms with Crippen molar-refractivity contribution in [3.05, 3.63) is 75.4 Å². The second kappa shape index (κ2) is 8.52. The molecule has 0 aliphatic heterocycles. The predicted octanol–water partition coefficient (Wildman–Crippen LogP) is 4.21. The van der Waals surface area contributed by atoms with Crippen LogP contribution in [0.15, 0.2) is 54.2 Å². The fraction of sp³-hybridized carbons (Fsp3) is 0.111.